The van der Waals surface area contributed by atoms with Crippen molar-refractivity contribution in [1.82, 2.24) is 10.2 Å². The van der Waals surface area contributed by atoms with E-state index in [1.807, 2.05) is 0 Å². The molecule has 1 atom stereocenters. The van der Waals surface area contributed by atoms with Crippen molar-refractivity contribution in [2.75, 3.05) is 33.7 Å². The molecule has 0 spiro atoms. The Balaban J connectivity index is 2.11. The van der Waals surface area contributed by atoms with Crippen LogP contribution in [0.1, 0.15) is 6.42 Å². The third kappa shape index (κ3) is 2.33. The average molecular weight is 127 g/mol. The molecular weight excluding hydrogens is 112 g/mol. The van der Waals surface area contributed by atoms with E-state index < -0.39 is 0 Å². The molecule has 53 valence electrons. The fourth-order valence-electron chi connectivity index (χ4n) is 1.30. The summed E-state index contributed by atoms with van der Waals surface area (Å²) in [6.07, 6.45) is 1.30. The Morgan fingerprint density at radius 1 is 1.56 bits per heavy atom. The Kier molecular flexibility index (Phi) is 2.49. The smallest absolute Gasteiger partial charge is 0.0174 e. The van der Waals surface area contributed by atoms with Crippen LogP contribution in [0.2, 0.25) is 0 Å². The van der Waals surface area contributed by atoms with Crippen molar-refractivity contribution >= 4 is 0 Å². The third-order valence-electron chi connectivity index (χ3n) is 1.71. The minimum absolute atomic E-state index is 0.847. The van der Waals surface area contributed by atoms with Crippen LogP contribution in [0, 0.1) is 5.92 Å². The predicted molar refractivity (Wildman–Crippen MR) is 38.5 cm³/mol. The van der Waals surface area contributed by atoms with Crippen molar-refractivity contribution in [2.45, 2.75) is 6.42 Å². The quantitative estimate of drug-likeness (QED) is 0.517. The van der Waals surface area contributed by atoms with Gasteiger partial charge in [0.2, 0.25) is 0 Å². The zero-order chi connectivity index (χ0) is 6.69. The highest BCUT2D eigenvalue weighted by Crippen LogP contribution is 2.08. The lowest BCUT2D eigenvalue weighted by Gasteiger charge is -2.13. The lowest BCUT2D eigenvalue weighted by molar-refractivity contribution is 0.338. The fraction of sp³-hybridized carbons (Fsp3) is 1.00. The Morgan fingerprint density at radius 2 is 2.33 bits per heavy atom. The van der Waals surface area contributed by atoms with Crippen molar-refractivity contribution in [2.24, 2.45) is 5.92 Å². The van der Waals surface area contributed by atoms with Gasteiger partial charge in [0.25, 0.3) is 0 Å². The van der Waals surface area contributed by atoms with Crippen molar-refractivity contribution in [3.63, 3.8) is 0 Å². The van der Waals surface area contributed by atoms with Gasteiger partial charge in [0, 0.05) is 19.6 Å². The molecular formula is C7H15N2. The van der Waals surface area contributed by atoms with Crippen LogP contribution in [-0.2, 0) is 0 Å². The van der Waals surface area contributed by atoms with E-state index >= 15 is 0 Å². The van der Waals surface area contributed by atoms with E-state index in [0.717, 1.165) is 19.0 Å². The van der Waals surface area contributed by atoms with Crippen molar-refractivity contribution < 1.29 is 0 Å². The second kappa shape index (κ2) is 3.18. The first-order valence-corrected chi connectivity index (χ1v) is 3.57. The van der Waals surface area contributed by atoms with Crippen molar-refractivity contribution in [3.8, 4) is 0 Å². The Morgan fingerprint density at radius 3 is 2.78 bits per heavy atom. The second-order valence-electron chi connectivity index (χ2n) is 3.05. The summed E-state index contributed by atoms with van der Waals surface area (Å²) in [7, 11) is 4.25. The molecule has 0 unspecified atom stereocenters. The van der Waals surface area contributed by atoms with Gasteiger partial charge in [0.1, 0.15) is 0 Å². The largest absolute Gasteiger partial charge is 0.309 e. The Bertz CT molecular complexity index is 75.0. The van der Waals surface area contributed by atoms with E-state index in [0.29, 0.717) is 0 Å². The van der Waals surface area contributed by atoms with E-state index in [1.54, 1.807) is 0 Å². The molecule has 1 fully saturated rings. The number of hydrogen-bond donors (Lipinski definition) is 0. The van der Waals surface area contributed by atoms with Gasteiger partial charge < -0.3 is 4.90 Å². The van der Waals surface area contributed by atoms with Gasteiger partial charge in [-0.05, 0) is 26.4 Å². The molecule has 9 heavy (non-hydrogen) atoms. The van der Waals surface area contributed by atoms with Gasteiger partial charge >= 0.3 is 0 Å². The fourth-order valence-corrected chi connectivity index (χ4v) is 1.30. The summed E-state index contributed by atoms with van der Waals surface area (Å²) in [5.74, 6) is 0.847. The van der Waals surface area contributed by atoms with Gasteiger partial charge in [-0.15, -0.1) is 0 Å². The molecule has 1 saturated heterocycles. The van der Waals surface area contributed by atoms with Crippen LogP contribution in [0.5, 0.6) is 0 Å². The van der Waals surface area contributed by atoms with Crippen molar-refractivity contribution in [1.29, 1.82) is 0 Å². The van der Waals surface area contributed by atoms with Gasteiger partial charge in [0.15, 0.2) is 0 Å². The molecule has 2 heteroatoms. The van der Waals surface area contributed by atoms with Crippen LogP contribution >= 0.6 is 0 Å². The molecule has 0 aliphatic carbocycles. The summed E-state index contributed by atoms with van der Waals surface area (Å²) in [5, 5.41) is 4.29. The van der Waals surface area contributed by atoms with Gasteiger partial charge in [0.05, 0.1) is 0 Å². The minimum atomic E-state index is 0.847. The summed E-state index contributed by atoms with van der Waals surface area (Å²) >= 11 is 0. The molecule has 0 N–H and O–H groups in total. The normalized spacial score (nSPS) is 27.7. The molecule has 1 radical (unpaired) electrons. The van der Waals surface area contributed by atoms with Crippen LogP contribution < -0.4 is 5.32 Å². The second-order valence-corrected chi connectivity index (χ2v) is 3.05. The summed E-state index contributed by atoms with van der Waals surface area (Å²) < 4.78 is 0. The number of rotatable bonds is 2. The molecule has 0 saturated carbocycles. The van der Waals surface area contributed by atoms with Gasteiger partial charge in [-0.1, -0.05) is 0 Å². The monoisotopic (exact) mass is 127 g/mol. The Hall–Kier alpha value is -0.0800. The molecule has 0 aromatic carbocycles. The zero-order valence-corrected chi connectivity index (χ0v) is 6.30. The third-order valence-corrected chi connectivity index (χ3v) is 1.71. The molecule has 0 amide bonds. The highest BCUT2D eigenvalue weighted by molar-refractivity contribution is 4.71. The molecule has 1 aliphatic rings. The molecule has 1 heterocycles. The first kappa shape index (κ1) is 7.03. The summed E-state index contributed by atoms with van der Waals surface area (Å²) in [6, 6.07) is 0. The number of hydrogen-bond acceptors (Lipinski definition) is 1. The highest BCUT2D eigenvalue weighted by Gasteiger charge is 2.15. The lowest BCUT2D eigenvalue weighted by Crippen LogP contribution is -2.22. The molecule has 0 bridgehead atoms. The standard InChI is InChI=1S/C7H15N2/c1-9(2)6-7-3-4-8-5-7/h7H,3-6H2,1-2H3/t7-/m0/s1. The van der Waals surface area contributed by atoms with Crippen LogP contribution in [0.3, 0.4) is 0 Å². The summed E-state index contributed by atoms with van der Waals surface area (Å²) in [5.41, 5.74) is 0. The van der Waals surface area contributed by atoms with E-state index in [1.165, 1.54) is 13.0 Å². The summed E-state index contributed by atoms with van der Waals surface area (Å²) in [6.45, 7) is 3.40. The van der Waals surface area contributed by atoms with Crippen molar-refractivity contribution in [3.05, 3.63) is 0 Å². The van der Waals surface area contributed by atoms with E-state index in [4.69, 9.17) is 0 Å². The Labute approximate surface area is 57.2 Å². The van der Waals surface area contributed by atoms with Crippen LogP contribution in [0.15, 0.2) is 0 Å². The maximum Gasteiger partial charge on any atom is 0.0174 e. The molecule has 2 nitrogen and oxygen atoms in total. The van der Waals surface area contributed by atoms with E-state index in [2.05, 4.69) is 24.3 Å². The average Bonchev–Trinajstić information content (AvgIpc) is 2.15. The number of nitrogens with zero attached hydrogens (tertiary/aromatic N) is 2. The highest BCUT2D eigenvalue weighted by atomic mass is 15.1. The van der Waals surface area contributed by atoms with Gasteiger partial charge in [-0.25, -0.2) is 5.32 Å². The topological polar surface area (TPSA) is 17.3 Å². The maximum atomic E-state index is 4.29. The van der Waals surface area contributed by atoms with Crippen LogP contribution in [-0.4, -0.2) is 38.6 Å². The maximum absolute atomic E-state index is 4.29. The SMILES string of the molecule is CN(C)C[C@H]1CC[N]C1. The molecule has 1 rings (SSSR count). The predicted octanol–water partition coefficient (Wildman–Crippen LogP) is 0.172. The molecule has 0 aromatic rings. The van der Waals surface area contributed by atoms with E-state index in [9.17, 15) is 0 Å². The lowest BCUT2D eigenvalue weighted by atomic mass is 10.1. The van der Waals surface area contributed by atoms with Crippen LogP contribution in [0.25, 0.3) is 0 Å². The molecule has 1 aliphatic heterocycles. The minimum Gasteiger partial charge on any atom is -0.309 e. The molecule has 0 aromatic heterocycles. The van der Waals surface area contributed by atoms with E-state index in [-0.39, 0.29) is 0 Å². The van der Waals surface area contributed by atoms with Crippen LogP contribution in [0.4, 0.5) is 0 Å². The van der Waals surface area contributed by atoms with Gasteiger partial charge in [-0.2, -0.15) is 0 Å². The zero-order valence-electron chi connectivity index (χ0n) is 6.30. The summed E-state index contributed by atoms with van der Waals surface area (Å²) in [4.78, 5) is 2.24. The van der Waals surface area contributed by atoms with Gasteiger partial charge in [-0.3, -0.25) is 0 Å². The first-order valence-electron chi connectivity index (χ1n) is 3.57. The first-order chi connectivity index (χ1) is 4.29.